The van der Waals surface area contributed by atoms with Crippen LogP contribution >= 0.6 is 0 Å². The van der Waals surface area contributed by atoms with E-state index in [0.29, 0.717) is 29.9 Å². The lowest BCUT2D eigenvalue weighted by Crippen LogP contribution is -2.30. The molecular weight excluding hydrogens is 478 g/mol. The largest absolute Gasteiger partial charge is 0.507 e. The van der Waals surface area contributed by atoms with Gasteiger partial charge in [-0.2, -0.15) is 0 Å². The fourth-order valence-corrected chi connectivity index (χ4v) is 5.01. The third-order valence-electron chi connectivity index (χ3n) is 6.91. The number of carbonyl (C=O) groups is 2. The van der Waals surface area contributed by atoms with Gasteiger partial charge in [0.15, 0.2) is 0 Å². The van der Waals surface area contributed by atoms with Crippen LogP contribution in [0.25, 0.3) is 5.76 Å². The number of rotatable bonds is 6. The topological polar surface area (TPSA) is 70.1 Å². The van der Waals surface area contributed by atoms with Gasteiger partial charge in [-0.05, 0) is 67.4 Å². The van der Waals surface area contributed by atoms with E-state index < -0.39 is 29.4 Å². The van der Waals surface area contributed by atoms with E-state index in [1.165, 1.54) is 0 Å². The second-order valence-electron chi connectivity index (χ2n) is 8.95. The van der Waals surface area contributed by atoms with Crippen LogP contribution in [0.15, 0.2) is 66.2 Å². The molecule has 0 bridgehead atoms. The van der Waals surface area contributed by atoms with Crippen molar-refractivity contribution in [3.8, 4) is 5.75 Å². The van der Waals surface area contributed by atoms with Crippen LogP contribution in [0.5, 0.6) is 5.75 Å². The minimum Gasteiger partial charge on any atom is -0.507 e. The normalized spacial score (nSPS) is 18.2. The molecule has 5 rings (SSSR count). The standard InChI is InChI=1S/C29H26F2N2O4/c1-3-32(4-2)21-9-5-17(6-10-21)26-25(27(34)19-7-12-24-18(15-19)13-14-37-24)28(35)29(36)33(26)23-16-20(30)8-11-22(23)31/h5-12,15-16,26,34H,3-4,13-14H2,1-2H3/b27-25-. The highest BCUT2D eigenvalue weighted by atomic mass is 19.1. The van der Waals surface area contributed by atoms with Crippen molar-refractivity contribution >= 4 is 28.8 Å². The number of halogens is 2. The Morgan fingerprint density at radius 2 is 1.76 bits per heavy atom. The lowest BCUT2D eigenvalue weighted by Gasteiger charge is -2.27. The Morgan fingerprint density at radius 3 is 2.46 bits per heavy atom. The Balaban J connectivity index is 1.69. The number of anilines is 2. The van der Waals surface area contributed by atoms with E-state index >= 15 is 0 Å². The lowest BCUT2D eigenvalue weighted by molar-refractivity contribution is -0.132. The van der Waals surface area contributed by atoms with E-state index in [4.69, 9.17) is 4.74 Å². The number of aliphatic hydroxyl groups excluding tert-OH is 1. The molecule has 1 saturated heterocycles. The summed E-state index contributed by atoms with van der Waals surface area (Å²) in [4.78, 5) is 29.6. The van der Waals surface area contributed by atoms with Crippen LogP contribution in [0.3, 0.4) is 0 Å². The van der Waals surface area contributed by atoms with E-state index in [2.05, 4.69) is 4.90 Å². The molecule has 0 saturated carbocycles. The van der Waals surface area contributed by atoms with Crippen molar-refractivity contribution in [2.24, 2.45) is 0 Å². The Kier molecular flexibility index (Phi) is 6.41. The minimum atomic E-state index is -1.16. The molecule has 0 radical (unpaired) electrons. The molecule has 1 atom stereocenters. The van der Waals surface area contributed by atoms with Crippen molar-refractivity contribution in [3.05, 3.63) is 94.6 Å². The molecule has 2 aliphatic rings. The summed E-state index contributed by atoms with van der Waals surface area (Å²) in [5, 5.41) is 11.3. The zero-order valence-corrected chi connectivity index (χ0v) is 20.5. The summed E-state index contributed by atoms with van der Waals surface area (Å²) in [5.41, 5.74) is 2.05. The maximum absolute atomic E-state index is 14.9. The molecule has 0 aromatic heterocycles. The van der Waals surface area contributed by atoms with E-state index in [1.54, 1.807) is 30.3 Å². The van der Waals surface area contributed by atoms with Gasteiger partial charge in [-0.1, -0.05) is 12.1 Å². The molecule has 1 unspecified atom stereocenters. The molecule has 190 valence electrons. The highest BCUT2D eigenvalue weighted by Crippen LogP contribution is 2.44. The third kappa shape index (κ3) is 4.22. The average Bonchev–Trinajstić information content (AvgIpc) is 3.48. The monoisotopic (exact) mass is 504 g/mol. The predicted octanol–water partition coefficient (Wildman–Crippen LogP) is 5.37. The van der Waals surface area contributed by atoms with Gasteiger partial charge in [0.2, 0.25) is 0 Å². The fourth-order valence-electron chi connectivity index (χ4n) is 5.01. The second-order valence-corrected chi connectivity index (χ2v) is 8.95. The van der Waals surface area contributed by atoms with E-state index in [-0.39, 0.29) is 17.0 Å². The number of nitrogens with zero attached hydrogens (tertiary/aromatic N) is 2. The Morgan fingerprint density at radius 1 is 1.03 bits per heavy atom. The quantitative estimate of drug-likeness (QED) is 0.278. The van der Waals surface area contributed by atoms with Gasteiger partial charge in [0.1, 0.15) is 23.1 Å². The van der Waals surface area contributed by atoms with E-state index in [1.807, 2.05) is 26.0 Å². The van der Waals surface area contributed by atoms with Gasteiger partial charge in [0.25, 0.3) is 11.7 Å². The molecule has 1 amide bonds. The summed E-state index contributed by atoms with van der Waals surface area (Å²) in [6.45, 7) is 6.14. The van der Waals surface area contributed by atoms with Crippen molar-refractivity contribution < 1.29 is 28.2 Å². The summed E-state index contributed by atoms with van der Waals surface area (Å²) in [6, 6.07) is 13.8. The van der Waals surface area contributed by atoms with Gasteiger partial charge in [-0.3, -0.25) is 14.5 Å². The molecule has 37 heavy (non-hydrogen) atoms. The second kappa shape index (κ2) is 9.69. The number of aliphatic hydroxyl groups is 1. The Bertz CT molecular complexity index is 1410. The fraction of sp³-hybridized carbons (Fsp3) is 0.241. The molecule has 1 N–H and O–H groups in total. The van der Waals surface area contributed by atoms with Crippen LogP contribution in [0.2, 0.25) is 0 Å². The first-order valence-corrected chi connectivity index (χ1v) is 12.2. The Labute approximate surface area is 213 Å². The van der Waals surface area contributed by atoms with Crippen LogP contribution in [-0.2, 0) is 16.0 Å². The molecule has 0 spiro atoms. The first-order valence-electron chi connectivity index (χ1n) is 12.2. The number of hydrogen-bond acceptors (Lipinski definition) is 5. The number of ketones is 1. The van der Waals surface area contributed by atoms with Gasteiger partial charge < -0.3 is 14.7 Å². The molecule has 8 heteroatoms. The lowest BCUT2D eigenvalue weighted by atomic mass is 9.94. The number of fused-ring (bicyclic) bond motifs is 1. The molecule has 0 aliphatic carbocycles. The number of amides is 1. The SMILES string of the molecule is CCN(CC)c1ccc(C2/C(=C(/O)c3ccc4c(c3)CCO4)C(=O)C(=O)N2c2cc(F)ccc2F)cc1. The molecule has 2 heterocycles. The molecule has 1 fully saturated rings. The molecule has 6 nitrogen and oxygen atoms in total. The molecular formula is C29H26F2N2O4. The minimum absolute atomic E-state index is 0.192. The summed E-state index contributed by atoms with van der Waals surface area (Å²) in [7, 11) is 0. The zero-order valence-electron chi connectivity index (χ0n) is 20.5. The van der Waals surface area contributed by atoms with Crippen LogP contribution in [0.4, 0.5) is 20.2 Å². The van der Waals surface area contributed by atoms with Crippen LogP contribution in [0.1, 0.15) is 36.6 Å². The van der Waals surface area contributed by atoms with Crippen LogP contribution in [0, 0.1) is 11.6 Å². The predicted molar refractivity (Wildman–Crippen MR) is 137 cm³/mol. The number of benzene rings is 3. The maximum Gasteiger partial charge on any atom is 0.300 e. The van der Waals surface area contributed by atoms with Crippen LogP contribution < -0.4 is 14.5 Å². The number of Topliss-reactive ketones (excluding diaryl/α,β-unsaturated/α-hetero) is 1. The maximum atomic E-state index is 14.9. The van der Waals surface area contributed by atoms with Crippen molar-refractivity contribution in [1.29, 1.82) is 0 Å². The highest BCUT2D eigenvalue weighted by Gasteiger charge is 2.48. The smallest absolute Gasteiger partial charge is 0.300 e. The van der Waals surface area contributed by atoms with Crippen molar-refractivity contribution in [3.63, 3.8) is 0 Å². The molecule has 3 aromatic rings. The summed E-state index contributed by atoms with van der Waals surface area (Å²) < 4.78 is 34.6. The molecule has 3 aromatic carbocycles. The van der Waals surface area contributed by atoms with Gasteiger partial charge >= 0.3 is 0 Å². The zero-order chi connectivity index (χ0) is 26.3. The molecule has 2 aliphatic heterocycles. The number of hydrogen-bond donors (Lipinski definition) is 1. The van der Waals surface area contributed by atoms with Crippen molar-refractivity contribution in [2.75, 3.05) is 29.5 Å². The third-order valence-corrected chi connectivity index (χ3v) is 6.91. The van der Waals surface area contributed by atoms with Gasteiger partial charge in [0, 0.05) is 36.8 Å². The average molecular weight is 505 g/mol. The van der Waals surface area contributed by atoms with Gasteiger partial charge in [-0.25, -0.2) is 8.78 Å². The number of carbonyl (C=O) groups excluding carboxylic acids is 2. The summed E-state index contributed by atoms with van der Waals surface area (Å²) >= 11 is 0. The highest BCUT2D eigenvalue weighted by molar-refractivity contribution is 6.51. The van der Waals surface area contributed by atoms with Crippen molar-refractivity contribution in [1.82, 2.24) is 0 Å². The Hall–Kier alpha value is -4.20. The summed E-state index contributed by atoms with van der Waals surface area (Å²) in [5.74, 6) is -3.33. The van der Waals surface area contributed by atoms with Crippen molar-refractivity contribution in [2.45, 2.75) is 26.3 Å². The van der Waals surface area contributed by atoms with E-state index in [9.17, 15) is 23.5 Å². The van der Waals surface area contributed by atoms with Gasteiger partial charge in [0.05, 0.1) is 23.9 Å². The first-order chi connectivity index (χ1) is 17.8. The van der Waals surface area contributed by atoms with Gasteiger partial charge in [-0.15, -0.1) is 0 Å². The number of ether oxygens (including phenoxy) is 1. The van der Waals surface area contributed by atoms with E-state index in [0.717, 1.165) is 47.4 Å². The van der Waals surface area contributed by atoms with Crippen LogP contribution in [-0.4, -0.2) is 36.5 Å². The summed E-state index contributed by atoms with van der Waals surface area (Å²) in [6.07, 6.45) is 0.648. The first kappa shape index (κ1) is 24.5.